The molecule has 144 valence electrons. The van der Waals surface area contributed by atoms with Gasteiger partial charge < -0.3 is 20.8 Å². The number of aliphatic hydroxyl groups is 1. The van der Waals surface area contributed by atoms with Gasteiger partial charge in [0.05, 0.1) is 6.61 Å². The van der Waals surface area contributed by atoms with E-state index in [1.807, 2.05) is 36.4 Å². The summed E-state index contributed by atoms with van der Waals surface area (Å²) in [7, 11) is 1.73. The van der Waals surface area contributed by atoms with Crippen LogP contribution in [0.3, 0.4) is 0 Å². The normalized spacial score (nSPS) is 15.1. The predicted octanol–water partition coefficient (Wildman–Crippen LogP) is 2.71. The minimum Gasteiger partial charge on any atom is -0.508 e. The number of fused-ring (bicyclic) bond motifs is 1. The van der Waals surface area contributed by atoms with Crippen molar-refractivity contribution in [3.63, 3.8) is 0 Å². The molecule has 1 atom stereocenters. The van der Waals surface area contributed by atoms with Crippen LogP contribution in [0.4, 0.5) is 0 Å². The van der Waals surface area contributed by atoms with Gasteiger partial charge in [-0.05, 0) is 48.4 Å². The first-order valence-electron chi connectivity index (χ1n) is 9.65. The second-order valence-electron chi connectivity index (χ2n) is 7.00. The van der Waals surface area contributed by atoms with Crippen LogP contribution in [-0.2, 0) is 19.4 Å². The molecule has 0 fully saturated rings. The molecule has 0 spiro atoms. The van der Waals surface area contributed by atoms with Crippen molar-refractivity contribution >= 4 is 5.96 Å². The van der Waals surface area contributed by atoms with Crippen LogP contribution in [0.1, 0.15) is 41.0 Å². The number of phenols is 1. The van der Waals surface area contributed by atoms with Crippen molar-refractivity contribution in [1.82, 2.24) is 10.6 Å². The average molecular weight is 367 g/mol. The van der Waals surface area contributed by atoms with Crippen LogP contribution >= 0.6 is 0 Å². The first kappa shape index (κ1) is 19.2. The van der Waals surface area contributed by atoms with E-state index in [0.717, 1.165) is 24.0 Å². The lowest BCUT2D eigenvalue weighted by Crippen LogP contribution is -2.39. The number of aliphatic hydroxyl groups excluding tert-OH is 1. The Morgan fingerprint density at radius 2 is 1.85 bits per heavy atom. The number of rotatable bonds is 6. The Morgan fingerprint density at radius 3 is 2.59 bits per heavy atom. The van der Waals surface area contributed by atoms with Crippen LogP contribution in [0, 0.1) is 0 Å². The molecule has 2 aromatic carbocycles. The molecular weight excluding hydrogens is 338 g/mol. The molecule has 27 heavy (non-hydrogen) atoms. The summed E-state index contributed by atoms with van der Waals surface area (Å²) < 4.78 is 0. The second-order valence-corrected chi connectivity index (χ2v) is 7.00. The molecule has 3 rings (SSSR count). The second kappa shape index (κ2) is 9.42. The van der Waals surface area contributed by atoms with Crippen LogP contribution in [0.25, 0.3) is 0 Å². The highest BCUT2D eigenvalue weighted by atomic mass is 16.3. The number of aliphatic imine (C=N–C) groups is 1. The van der Waals surface area contributed by atoms with Gasteiger partial charge in [-0.1, -0.05) is 36.4 Å². The quantitative estimate of drug-likeness (QED) is 0.468. The van der Waals surface area contributed by atoms with E-state index in [1.54, 1.807) is 13.1 Å². The maximum Gasteiger partial charge on any atom is 0.191 e. The van der Waals surface area contributed by atoms with Crippen molar-refractivity contribution < 1.29 is 10.2 Å². The molecule has 0 heterocycles. The summed E-state index contributed by atoms with van der Waals surface area (Å²) in [6.45, 7) is 1.18. The number of aromatic hydroxyl groups is 1. The standard InChI is InChI=1S/C22H29N3O2/c1-23-22(24-13-18(15-26)16-7-3-2-4-8-16)25-14-20-19-10-6-5-9-17(19)11-12-21(20)27/h2-4,7-8,11-12,18,26-27H,5-6,9-10,13-15H2,1H3,(H2,23,24,25). The number of guanidine groups is 1. The third-order valence-corrected chi connectivity index (χ3v) is 5.29. The fourth-order valence-electron chi connectivity index (χ4n) is 3.71. The van der Waals surface area contributed by atoms with Gasteiger partial charge in [-0.15, -0.1) is 0 Å². The lowest BCUT2D eigenvalue weighted by atomic mass is 9.88. The maximum atomic E-state index is 10.3. The summed E-state index contributed by atoms with van der Waals surface area (Å²) in [5.74, 6) is 1.01. The van der Waals surface area contributed by atoms with E-state index in [-0.39, 0.29) is 12.5 Å². The SMILES string of the molecule is CN=C(NCc1c(O)ccc2c1CCCC2)NCC(CO)c1ccccc1. The Morgan fingerprint density at radius 1 is 1.07 bits per heavy atom. The van der Waals surface area contributed by atoms with Crippen LogP contribution in [0.2, 0.25) is 0 Å². The molecule has 0 aromatic heterocycles. The van der Waals surface area contributed by atoms with Crippen molar-refractivity contribution in [3.05, 3.63) is 64.7 Å². The number of nitrogens with one attached hydrogen (secondary N) is 2. The first-order chi connectivity index (χ1) is 13.2. The van der Waals surface area contributed by atoms with Gasteiger partial charge in [0.25, 0.3) is 0 Å². The van der Waals surface area contributed by atoms with Crippen LogP contribution in [0.15, 0.2) is 47.5 Å². The molecule has 0 amide bonds. The summed E-state index contributed by atoms with van der Waals surface area (Å²) >= 11 is 0. The minimum atomic E-state index is 0.00244. The van der Waals surface area contributed by atoms with Crippen LogP contribution < -0.4 is 10.6 Å². The van der Waals surface area contributed by atoms with E-state index in [9.17, 15) is 10.2 Å². The lowest BCUT2D eigenvalue weighted by molar-refractivity contribution is 0.265. The van der Waals surface area contributed by atoms with Crippen molar-refractivity contribution in [2.24, 2.45) is 4.99 Å². The van der Waals surface area contributed by atoms with E-state index in [1.165, 1.54) is 24.0 Å². The molecule has 5 heteroatoms. The van der Waals surface area contributed by atoms with Gasteiger partial charge >= 0.3 is 0 Å². The molecule has 0 aliphatic heterocycles. The fraction of sp³-hybridized carbons (Fsp3) is 0.409. The van der Waals surface area contributed by atoms with Gasteiger partial charge in [-0.2, -0.15) is 0 Å². The van der Waals surface area contributed by atoms with Gasteiger partial charge in [0, 0.05) is 31.6 Å². The summed E-state index contributed by atoms with van der Waals surface area (Å²) in [6.07, 6.45) is 4.50. The molecule has 0 radical (unpaired) electrons. The molecule has 0 bridgehead atoms. The Hall–Kier alpha value is -2.53. The molecular formula is C22H29N3O2. The molecule has 1 unspecified atom stereocenters. The highest BCUT2D eigenvalue weighted by Crippen LogP contribution is 2.30. The van der Waals surface area contributed by atoms with E-state index >= 15 is 0 Å². The molecule has 1 aliphatic rings. The largest absolute Gasteiger partial charge is 0.508 e. The number of phenolic OH excluding ortho intramolecular Hbond substituents is 1. The Kier molecular flexibility index (Phi) is 6.71. The third kappa shape index (κ3) is 4.80. The summed E-state index contributed by atoms with van der Waals surface area (Å²) in [6, 6.07) is 13.8. The average Bonchev–Trinajstić information content (AvgIpc) is 2.72. The van der Waals surface area contributed by atoms with Crippen molar-refractivity contribution in [2.45, 2.75) is 38.1 Å². The minimum absolute atomic E-state index is 0.00244. The highest BCUT2D eigenvalue weighted by Gasteiger charge is 2.17. The molecule has 0 saturated carbocycles. The van der Waals surface area contributed by atoms with E-state index in [0.29, 0.717) is 24.8 Å². The third-order valence-electron chi connectivity index (χ3n) is 5.29. The lowest BCUT2D eigenvalue weighted by Gasteiger charge is -2.22. The number of hydrogen-bond acceptors (Lipinski definition) is 3. The van der Waals surface area contributed by atoms with Crippen molar-refractivity contribution in [3.8, 4) is 5.75 Å². The van der Waals surface area contributed by atoms with E-state index in [2.05, 4.69) is 15.6 Å². The molecule has 4 N–H and O–H groups in total. The monoisotopic (exact) mass is 367 g/mol. The summed E-state index contributed by atoms with van der Waals surface area (Å²) in [5, 5.41) is 26.6. The van der Waals surface area contributed by atoms with Gasteiger partial charge in [0.2, 0.25) is 0 Å². The topological polar surface area (TPSA) is 76.9 Å². The van der Waals surface area contributed by atoms with Crippen molar-refractivity contribution in [1.29, 1.82) is 0 Å². The summed E-state index contributed by atoms with van der Waals surface area (Å²) in [4.78, 5) is 4.28. The number of aryl methyl sites for hydroxylation is 1. The Labute approximate surface area is 161 Å². The molecule has 5 nitrogen and oxygen atoms in total. The predicted molar refractivity (Wildman–Crippen MR) is 109 cm³/mol. The maximum absolute atomic E-state index is 10.3. The van der Waals surface area contributed by atoms with Gasteiger partial charge in [-0.3, -0.25) is 4.99 Å². The smallest absolute Gasteiger partial charge is 0.191 e. The van der Waals surface area contributed by atoms with Crippen LogP contribution in [-0.4, -0.2) is 36.4 Å². The number of nitrogens with zero attached hydrogens (tertiary/aromatic N) is 1. The van der Waals surface area contributed by atoms with E-state index in [4.69, 9.17) is 0 Å². The van der Waals surface area contributed by atoms with Gasteiger partial charge in [0.15, 0.2) is 5.96 Å². The number of hydrogen-bond donors (Lipinski definition) is 4. The first-order valence-corrected chi connectivity index (χ1v) is 9.65. The Bertz CT molecular complexity index is 775. The zero-order valence-electron chi connectivity index (χ0n) is 15.9. The highest BCUT2D eigenvalue weighted by molar-refractivity contribution is 5.79. The van der Waals surface area contributed by atoms with Crippen LogP contribution in [0.5, 0.6) is 5.75 Å². The van der Waals surface area contributed by atoms with Gasteiger partial charge in [0.1, 0.15) is 5.75 Å². The Balaban J connectivity index is 1.62. The van der Waals surface area contributed by atoms with E-state index < -0.39 is 0 Å². The zero-order chi connectivity index (χ0) is 19.1. The molecule has 1 aliphatic carbocycles. The van der Waals surface area contributed by atoms with Crippen molar-refractivity contribution in [2.75, 3.05) is 20.2 Å². The molecule has 2 aromatic rings. The number of benzene rings is 2. The fourth-order valence-corrected chi connectivity index (χ4v) is 3.71. The molecule has 0 saturated heterocycles. The zero-order valence-corrected chi connectivity index (χ0v) is 15.9. The summed E-state index contributed by atoms with van der Waals surface area (Å²) in [5.41, 5.74) is 4.69. The van der Waals surface area contributed by atoms with Gasteiger partial charge in [-0.25, -0.2) is 0 Å².